The van der Waals surface area contributed by atoms with Gasteiger partial charge in [-0.3, -0.25) is 4.79 Å². The molecule has 1 N–H and O–H groups in total. The molecule has 1 amide bonds. The van der Waals surface area contributed by atoms with Crippen LogP contribution in [0.2, 0.25) is 0 Å². The fraction of sp³-hybridized carbons (Fsp3) is 0.455. The van der Waals surface area contributed by atoms with Gasteiger partial charge in [-0.1, -0.05) is 12.1 Å². The van der Waals surface area contributed by atoms with E-state index in [0.29, 0.717) is 42.6 Å². The molecule has 1 atom stereocenters. The SMILES string of the molecule is CCCc1noc(-c2ccc(N3CCCC(C(=O)NCc4nc(C)cs4)C3)c(F)c2)n1. The number of aryl methyl sites for hydroxylation is 2. The first-order valence-electron chi connectivity index (χ1n) is 10.6. The minimum atomic E-state index is -0.355. The summed E-state index contributed by atoms with van der Waals surface area (Å²) in [5, 5.41) is 9.76. The Hall–Kier alpha value is -2.81. The molecule has 1 aromatic carbocycles. The molecule has 3 aromatic rings. The number of carbonyl (C=O) groups is 1. The summed E-state index contributed by atoms with van der Waals surface area (Å²) < 4.78 is 20.2. The third kappa shape index (κ3) is 5.10. The molecule has 1 aliphatic heterocycles. The van der Waals surface area contributed by atoms with Gasteiger partial charge in [0.05, 0.1) is 18.2 Å². The van der Waals surface area contributed by atoms with E-state index >= 15 is 0 Å². The summed E-state index contributed by atoms with van der Waals surface area (Å²) in [6.07, 6.45) is 3.27. The van der Waals surface area contributed by atoms with E-state index in [-0.39, 0.29) is 17.6 Å². The number of amides is 1. The highest BCUT2D eigenvalue weighted by atomic mass is 32.1. The standard InChI is InChI=1S/C22H26FN5O2S/c1-3-5-19-26-22(30-27-19)15-7-8-18(17(23)10-15)28-9-4-6-16(12-28)21(29)24-11-20-25-14(2)13-31-20/h7-8,10,13,16H,3-6,9,11-12H2,1-2H3,(H,24,29). The van der Waals surface area contributed by atoms with Crippen LogP contribution in [0.25, 0.3) is 11.5 Å². The lowest BCUT2D eigenvalue weighted by Gasteiger charge is -2.34. The highest BCUT2D eigenvalue weighted by molar-refractivity contribution is 7.09. The number of rotatable bonds is 7. The van der Waals surface area contributed by atoms with Crippen LogP contribution in [-0.4, -0.2) is 34.1 Å². The Morgan fingerprint density at radius 1 is 1.39 bits per heavy atom. The lowest BCUT2D eigenvalue weighted by atomic mass is 9.96. The number of benzene rings is 1. The van der Waals surface area contributed by atoms with Crippen molar-refractivity contribution in [1.82, 2.24) is 20.4 Å². The van der Waals surface area contributed by atoms with E-state index in [0.717, 1.165) is 36.4 Å². The van der Waals surface area contributed by atoms with Gasteiger partial charge in [-0.25, -0.2) is 9.37 Å². The first-order valence-corrected chi connectivity index (χ1v) is 11.5. The van der Waals surface area contributed by atoms with Crippen LogP contribution in [0.1, 0.15) is 42.7 Å². The minimum absolute atomic E-state index is 0.0103. The summed E-state index contributed by atoms with van der Waals surface area (Å²) in [6, 6.07) is 4.94. The summed E-state index contributed by atoms with van der Waals surface area (Å²) >= 11 is 1.54. The number of nitrogens with zero attached hydrogens (tertiary/aromatic N) is 4. The fourth-order valence-electron chi connectivity index (χ4n) is 3.79. The van der Waals surface area contributed by atoms with Gasteiger partial charge in [0.2, 0.25) is 5.91 Å². The number of carbonyl (C=O) groups excluding carboxylic acids is 1. The van der Waals surface area contributed by atoms with Gasteiger partial charge in [0.15, 0.2) is 5.82 Å². The molecule has 1 aliphatic rings. The Kier molecular flexibility index (Phi) is 6.60. The quantitative estimate of drug-likeness (QED) is 0.591. The summed E-state index contributed by atoms with van der Waals surface area (Å²) in [4.78, 5) is 23.3. The normalized spacial score (nSPS) is 16.5. The van der Waals surface area contributed by atoms with Crippen molar-refractivity contribution in [3.63, 3.8) is 0 Å². The molecule has 0 aliphatic carbocycles. The number of hydrogen-bond acceptors (Lipinski definition) is 7. The number of nitrogens with one attached hydrogen (secondary N) is 1. The van der Waals surface area contributed by atoms with E-state index in [2.05, 4.69) is 20.4 Å². The second kappa shape index (κ2) is 9.55. The lowest BCUT2D eigenvalue weighted by molar-refractivity contribution is -0.125. The number of aromatic nitrogens is 3. The number of hydrogen-bond donors (Lipinski definition) is 1. The maximum Gasteiger partial charge on any atom is 0.258 e. The van der Waals surface area contributed by atoms with E-state index in [9.17, 15) is 9.18 Å². The number of halogens is 1. The van der Waals surface area contributed by atoms with Crippen molar-refractivity contribution in [1.29, 1.82) is 0 Å². The summed E-state index contributed by atoms with van der Waals surface area (Å²) in [5.41, 5.74) is 2.00. The fourth-order valence-corrected chi connectivity index (χ4v) is 4.51. The Bertz CT molecular complexity index is 1050. The second-order valence-corrected chi connectivity index (χ2v) is 8.76. The number of anilines is 1. The highest BCUT2D eigenvalue weighted by Crippen LogP contribution is 2.29. The largest absolute Gasteiger partial charge is 0.368 e. The molecule has 0 spiro atoms. The Labute approximate surface area is 184 Å². The van der Waals surface area contributed by atoms with Gasteiger partial charge in [-0.05, 0) is 44.4 Å². The Morgan fingerprint density at radius 2 is 2.26 bits per heavy atom. The van der Waals surface area contributed by atoms with Crippen LogP contribution in [0.5, 0.6) is 0 Å². The van der Waals surface area contributed by atoms with E-state index in [1.807, 2.05) is 24.1 Å². The molecule has 1 unspecified atom stereocenters. The topological polar surface area (TPSA) is 84.2 Å². The first kappa shape index (κ1) is 21.4. The lowest BCUT2D eigenvalue weighted by Crippen LogP contribution is -2.43. The molecule has 2 aromatic heterocycles. The van der Waals surface area contributed by atoms with Crippen LogP contribution in [0.4, 0.5) is 10.1 Å². The molecule has 9 heteroatoms. The zero-order chi connectivity index (χ0) is 21.8. The van der Waals surface area contributed by atoms with Gasteiger partial charge < -0.3 is 14.7 Å². The maximum atomic E-state index is 14.9. The molecule has 1 fully saturated rings. The minimum Gasteiger partial charge on any atom is -0.368 e. The van der Waals surface area contributed by atoms with Gasteiger partial charge in [-0.15, -0.1) is 11.3 Å². The Balaban J connectivity index is 1.40. The molecule has 3 heterocycles. The van der Waals surface area contributed by atoms with Crippen molar-refractivity contribution in [2.75, 3.05) is 18.0 Å². The summed E-state index contributed by atoms with van der Waals surface area (Å²) in [5.74, 6) is 0.402. The van der Waals surface area contributed by atoms with Crippen LogP contribution in [-0.2, 0) is 17.8 Å². The monoisotopic (exact) mass is 443 g/mol. The first-order chi connectivity index (χ1) is 15.0. The van der Waals surface area contributed by atoms with Crippen LogP contribution in [0, 0.1) is 18.7 Å². The average molecular weight is 444 g/mol. The molecule has 31 heavy (non-hydrogen) atoms. The van der Waals surface area contributed by atoms with Gasteiger partial charge in [0.1, 0.15) is 10.8 Å². The number of piperidine rings is 1. The summed E-state index contributed by atoms with van der Waals surface area (Å²) in [6.45, 7) is 5.61. The summed E-state index contributed by atoms with van der Waals surface area (Å²) in [7, 11) is 0. The molecular formula is C22H26FN5O2S. The molecule has 164 valence electrons. The average Bonchev–Trinajstić information content (AvgIpc) is 3.41. The van der Waals surface area contributed by atoms with Crippen molar-refractivity contribution >= 4 is 22.9 Å². The zero-order valence-corrected chi connectivity index (χ0v) is 18.5. The third-order valence-electron chi connectivity index (χ3n) is 5.35. The van der Waals surface area contributed by atoms with Crippen molar-refractivity contribution in [3.8, 4) is 11.5 Å². The third-order valence-corrected chi connectivity index (χ3v) is 6.32. The second-order valence-electron chi connectivity index (χ2n) is 7.82. The van der Waals surface area contributed by atoms with E-state index < -0.39 is 0 Å². The van der Waals surface area contributed by atoms with E-state index in [1.165, 1.54) is 17.4 Å². The Morgan fingerprint density at radius 3 is 3.00 bits per heavy atom. The van der Waals surface area contributed by atoms with Crippen LogP contribution in [0.15, 0.2) is 28.1 Å². The van der Waals surface area contributed by atoms with Crippen molar-refractivity contribution in [3.05, 3.63) is 45.9 Å². The smallest absolute Gasteiger partial charge is 0.258 e. The van der Waals surface area contributed by atoms with Crippen molar-refractivity contribution in [2.24, 2.45) is 5.92 Å². The number of thiazole rings is 1. The predicted octanol–water partition coefficient (Wildman–Crippen LogP) is 4.13. The van der Waals surface area contributed by atoms with Gasteiger partial charge in [0, 0.05) is 36.1 Å². The van der Waals surface area contributed by atoms with E-state index in [4.69, 9.17) is 4.52 Å². The van der Waals surface area contributed by atoms with E-state index in [1.54, 1.807) is 12.1 Å². The van der Waals surface area contributed by atoms with Gasteiger partial charge in [0.25, 0.3) is 5.89 Å². The zero-order valence-electron chi connectivity index (χ0n) is 17.7. The molecule has 7 nitrogen and oxygen atoms in total. The molecule has 4 rings (SSSR count). The van der Waals surface area contributed by atoms with Crippen molar-refractivity contribution < 1.29 is 13.7 Å². The molecule has 0 radical (unpaired) electrons. The molecule has 0 saturated carbocycles. The molecular weight excluding hydrogens is 417 g/mol. The van der Waals surface area contributed by atoms with Crippen LogP contribution >= 0.6 is 11.3 Å². The highest BCUT2D eigenvalue weighted by Gasteiger charge is 2.27. The van der Waals surface area contributed by atoms with Crippen LogP contribution in [0.3, 0.4) is 0 Å². The van der Waals surface area contributed by atoms with Gasteiger partial charge in [-0.2, -0.15) is 4.98 Å². The predicted molar refractivity (Wildman–Crippen MR) is 117 cm³/mol. The van der Waals surface area contributed by atoms with Crippen LogP contribution < -0.4 is 10.2 Å². The van der Waals surface area contributed by atoms with Gasteiger partial charge >= 0.3 is 0 Å². The molecule has 0 bridgehead atoms. The molecule has 1 saturated heterocycles. The maximum absolute atomic E-state index is 14.9. The van der Waals surface area contributed by atoms with Crippen molar-refractivity contribution in [2.45, 2.75) is 46.1 Å².